The van der Waals surface area contributed by atoms with Crippen molar-refractivity contribution in [1.29, 1.82) is 0 Å². The van der Waals surface area contributed by atoms with E-state index in [-0.39, 0.29) is 32.0 Å². The average molecular weight is 946 g/mol. The Kier molecular flexibility index (Phi) is 24.6. The first-order valence-electron chi connectivity index (χ1n) is 25.0. The molecule has 1 aliphatic heterocycles. The summed E-state index contributed by atoms with van der Waals surface area (Å²) in [5, 5.41) is 6.32. The molecule has 0 aromatic carbocycles. The van der Waals surface area contributed by atoms with Crippen molar-refractivity contribution in [2.75, 3.05) is 45.9 Å². The number of carbonyl (C=O) groups is 2. The lowest BCUT2D eigenvalue weighted by molar-refractivity contribution is -0.137. The van der Waals surface area contributed by atoms with Crippen molar-refractivity contribution in [2.24, 2.45) is 0 Å². The minimum Gasteiger partial charge on any atom is -0.432 e. The third-order valence-corrected chi connectivity index (χ3v) is 31.4. The van der Waals surface area contributed by atoms with Crippen LogP contribution in [0.15, 0.2) is 0 Å². The summed E-state index contributed by atoms with van der Waals surface area (Å²) in [6, 6.07) is -0.941. The summed E-state index contributed by atoms with van der Waals surface area (Å²) >= 11 is 0. The van der Waals surface area contributed by atoms with Gasteiger partial charge in [0.25, 0.3) is 0 Å². The molecule has 5 N–H and O–H groups in total. The van der Waals surface area contributed by atoms with Crippen LogP contribution in [0, 0.1) is 0 Å². The second-order valence-corrected chi connectivity index (χ2v) is 42.7. The van der Waals surface area contributed by atoms with E-state index in [4.69, 9.17) is 4.43 Å². The van der Waals surface area contributed by atoms with Gasteiger partial charge in [-0.3, -0.25) is 9.59 Å². The first kappa shape index (κ1) is 59.6. The monoisotopic (exact) mass is 945 g/mol. The van der Waals surface area contributed by atoms with Crippen LogP contribution in [0.5, 0.6) is 0 Å². The van der Waals surface area contributed by atoms with Gasteiger partial charge in [0.1, 0.15) is 12.1 Å². The number of rotatable bonds is 33. The SMILES string of the molecule is CC(C)(CCCCN(CCCCC1NC(=O)C(CCCCN(CCCCC(C)(C)[Si](C)(C)O)CCCO[Si](C)(C)C(C)(C)C)NC1=O)CCCCC(C)(C)[Si](C)(C)O)[Si](C)(C)O. The van der Waals surface area contributed by atoms with Crippen LogP contribution in [0.3, 0.4) is 0 Å². The summed E-state index contributed by atoms with van der Waals surface area (Å²) in [5.74, 6) is -0.106. The molecule has 10 nitrogen and oxygen atoms in total. The van der Waals surface area contributed by atoms with Crippen molar-refractivity contribution in [3.8, 4) is 0 Å². The minimum absolute atomic E-state index is 0.00321. The van der Waals surface area contributed by atoms with Crippen molar-refractivity contribution in [2.45, 2.75) is 250 Å². The van der Waals surface area contributed by atoms with E-state index in [1.807, 2.05) is 39.3 Å². The maximum atomic E-state index is 13.2. The van der Waals surface area contributed by atoms with Gasteiger partial charge in [0.2, 0.25) is 11.8 Å². The van der Waals surface area contributed by atoms with Crippen LogP contribution in [0.4, 0.5) is 0 Å². The van der Waals surface area contributed by atoms with Crippen molar-refractivity contribution >= 4 is 45.1 Å². The van der Waals surface area contributed by atoms with Gasteiger partial charge in [-0.2, -0.15) is 0 Å². The van der Waals surface area contributed by atoms with Gasteiger partial charge in [0.15, 0.2) is 33.3 Å². The molecule has 2 unspecified atom stereocenters. The van der Waals surface area contributed by atoms with Crippen molar-refractivity contribution in [1.82, 2.24) is 20.4 Å². The van der Waals surface area contributed by atoms with Crippen LogP contribution in [0.25, 0.3) is 0 Å². The number of unbranched alkanes of at least 4 members (excludes halogenated alkanes) is 5. The van der Waals surface area contributed by atoms with Gasteiger partial charge in [-0.05, 0) is 189 Å². The minimum atomic E-state index is -2.22. The predicted molar refractivity (Wildman–Crippen MR) is 275 cm³/mol. The quantitative estimate of drug-likeness (QED) is 0.0324. The first-order chi connectivity index (χ1) is 28.1. The molecule has 62 heavy (non-hydrogen) atoms. The highest BCUT2D eigenvalue weighted by molar-refractivity contribution is 6.74. The van der Waals surface area contributed by atoms with Gasteiger partial charge in [0, 0.05) is 13.2 Å². The van der Waals surface area contributed by atoms with Gasteiger partial charge < -0.3 is 39.2 Å². The summed E-state index contributed by atoms with van der Waals surface area (Å²) in [6.45, 7) is 43.8. The maximum Gasteiger partial charge on any atom is 0.243 e. The zero-order chi connectivity index (χ0) is 47.8. The molecule has 1 aliphatic rings. The Labute approximate surface area is 387 Å². The number of carbonyl (C=O) groups excluding carboxylic acids is 2. The molecule has 0 aromatic rings. The molecular formula is C48H104N4O6Si4. The number of amides is 2. The van der Waals surface area contributed by atoms with Gasteiger partial charge in [0.05, 0.1) is 0 Å². The number of hydrogen-bond acceptors (Lipinski definition) is 8. The van der Waals surface area contributed by atoms with E-state index in [2.05, 4.69) is 95.8 Å². The first-order valence-corrected chi connectivity index (χ1v) is 36.8. The summed E-state index contributed by atoms with van der Waals surface area (Å²) in [4.78, 5) is 63.9. The number of nitrogens with zero attached hydrogens (tertiary/aromatic N) is 2. The molecule has 0 aromatic heterocycles. The summed E-state index contributed by atoms with van der Waals surface area (Å²) in [6.07, 6.45) is 15.7. The highest BCUT2D eigenvalue weighted by Gasteiger charge is 2.40. The second kappa shape index (κ2) is 25.6. The fraction of sp³-hybridized carbons (Fsp3) is 0.958. The van der Waals surface area contributed by atoms with E-state index in [0.29, 0.717) is 12.8 Å². The lowest BCUT2D eigenvalue weighted by Gasteiger charge is -2.36. The van der Waals surface area contributed by atoms with Gasteiger partial charge in [-0.15, -0.1) is 0 Å². The van der Waals surface area contributed by atoms with Crippen LogP contribution < -0.4 is 10.6 Å². The molecule has 14 heteroatoms. The molecule has 2 amide bonds. The number of nitrogens with one attached hydrogen (secondary N) is 2. The standard InChI is InChI=1S/C48H104N4O6Si4/c1-45(2,3)62(16,17)58-40-28-39-52(38-27-22-33-48(8,9)61(14,15)57)35-24-19-30-42-44(54)49-41(43(53)50-42)29-18-23-34-51(36-25-20-31-46(4,5)59(10,11)55)37-26-21-32-47(6,7)60(12,13)56/h41-42,55-57H,18-40H2,1-17H3,(H,49,54)(H,50,53). The predicted octanol–water partition coefficient (Wildman–Crippen LogP) is 10.8. The van der Waals surface area contributed by atoms with E-state index in [1.165, 1.54) is 0 Å². The third-order valence-electron chi connectivity index (χ3n) is 16.1. The molecule has 0 spiro atoms. The highest BCUT2D eigenvalue weighted by atomic mass is 28.4. The summed E-state index contributed by atoms with van der Waals surface area (Å²) in [5.41, 5.74) is 0. The third kappa shape index (κ3) is 21.5. The Balaban J connectivity index is 2.66. The van der Waals surface area contributed by atoms with Crippen molar-refractivity contribution in [3.05, 3.63) is 0 Å². The summed E-state index contributed by atoms with van der Waals surface area (Å²) in [7, 11) is -8.45. The van der Waals surface area contributed by atoms with Crippen molar-refractivity contribution in [3.63, 3.8) is 0 Å². The Hall–Kier alpha value is -0.432. The fourth-order valence-electron chi connectivity index (χ4n) is 7.58. The Morgan fingerprint density at radius 1 is 0.468 bits per heavy atom. The molecule has 0 radical (unpaired) electrons. The molecule has 1 heterocycles. The van der Waals surface area contributed by atoms with Crippen molar-refractivity contribution < 1.29 is 28.4 Å². The largest absolute Gasteiger partial charge is 0.432 e. The lowest BCUT2D eigenvalue weighted by atomic mass is 10.0. The number of piperazine rings is 1. The van der Waals surface area contributed by atoms with Crippen LogP contribution >= 0.6 is 0 Å². The molecule has 0 saturated carbocycles. The van der Waals surface area contributed by atoms with Crippen LogP contribution in [-0.4, -0.2) is 127 Å². The molecule has 1 rings (SSSR count). The molecule has 0 bridgehead atoms. The van der Waals surface area contributed by atoms with Crippen LogP contribution in [0.1, 0.15) is 165 Å². The van der Waals surface area contributed by atoms with E-state index < -0.39 is 45.4 Å². The van der Waals surface area contributed by atoms with Gasteiger partial charge >= 0.3 is 0 Å². The van der Waals surface area contributed by atoms with E-state index in [1.54, 1.807) is 0 Å². The maximum absolute atomic E-state index is 13.2. The Morgan fingerprint density at radius 2 is 0.742 bits per heavy atom. The second-order valence-electron chi connectivity index (χ2n) is 24.5. The topological polar surface area (TPSA) is 135 Å². The Bertz CT molecular complexity index is 1140. The normalized spacial score (nSPS) is 17.9. The Morgan fingerprint density at radius 3 is 1.02 bits per heavy atom. The lowest BCUT2D eigenvalue weighted by Crippen LogP contribution is -2.61. The van der Waals surface area contributed by atoms with Crippen LogP contribution in [0.2, 0.25) is 72.5 Å². The summed E-state index contributed by atoms with van der Waals surface area (Å²) < 4.78 is 6.49. The fourth-order valence-corrected chi connectivity index (χ4v) is 11.0. The molecule has 1 saturated heterocycles. The van der Waals surface area contributed by atoms with Gasteiger partial charge in [-0.1, -0.05) is 81.6 Å². The van der Waals surface area contributed by atoms with E-state index in [9.17, 15) is 24.0 Å². The molecule has 2 atom stereocenters. The molecular weight excluding hydrogens is 841 g/mol. The zero-order valence-corrected chi connectivity index (χ0v) is 47.9. The smallest absolute Gasteiger partial charge is 0.243 e. The van der Waals surface area contributed by atoms with E-state index in [0.717, 1.165) is 136 Å². The highest BCUT2D eigenvalue weighted by Crippen LogP contribution is 2.42. The molecule has 1 fully saturated rings. The van der Waals surface area contributed by atoms with E-state index >= 15 is 0 Å². The number of hydrogen-bond donors (Lipinski definition) is 5. The van der Waals surface area contributed by atoms with Gasteiger partial charge in [-0.25, -0.2) is 0 Å². The average Bonchev–Trinajstić information content (AvgIpc) is 3.11. The molecule has 368 valence electrons. The zero-order valence-electron chi connectivity index (χ0n) is 43.9. The van der Waals surface area contributed by atoms with Crippen LogP contribution in [-0.2, 0) is 14.0 Å². The molecule has 0 aliphatic carbocycles.